The zero-order valence-electron chi connectivity index (χ0n) is 16.3. The third kappa shape index (κ3) is 2.68. The summed E-state index contributed by atoms with van der Waals surface area (Å²) in [6.07, 6.45) is 0.959. The van der Waals surface area contributed by atoms with Crippen molar-refractivity contribution in [2.45, 2.75) is 39.1 Å². The summed E-state index contributed by atoms with van der Waals surface area (Å²) in [6, 6.07) is 10.3. The number of nitrogens with one attached hydrogen (secondary N) is 1. The van der Waals surface area contributed by atoms with E-state index >= 15 is 0 Å². The number of fused-ring (bicyclic) bond motifs is 2. The van der Waals surface area contributed by atoms with Crippen LogP contribution in [0.4, 0.5) is 5.69 Å². The maximum atomic E-state index is 9.21. The Bertz CT molecular complexity index is 948. The van der Waals surface area contributed by atoms with Gasteiger partial charge in [0.05, 0.1) is 18.7 Å². The topological polar surface area (TPSA) is 57.5 Å². The van der Waals surface area contributed by atoms with Crippen molar-refractivity contribution in [2.75, 3.05) is 26.1 Å². The van der Waals surface area contributed by atoms with Gasteiger partial charge in [-0.3, -0.25) is 4.90 Å². The number of anilines is 1. The molecule has 2 aliphatic heterocycles. The lowest BCUT2D eigenvalue weighted by molar-refractivity contribution is -0.136. The van der Waals surface area contributed by atoms with Crippen LogP contribution in [0.3, 0.4) is 0 Å². The summed E-state index contributed by atoms with van der Waals surface area (Å²) < 4.78 is 12.0. The standard InChI is InChI=1S/C22H25N3O2/c1-14-9-19(26-3)20(18-7-8-24-21(14)18)22(2,27-4)25-12-16-6-5-15(11-23)10-17(16)13-25/h5-6,9-10,24H,7-8,12-13H2,1-4H3. The predicted octanol–water partition coefficient (Wildman–Crippen LogP) is 3.68. The smallest absolute Gasteiger partial charge is 0.149 e. The van der Waals surface area contributed by atoms with E-state index in [9.17, 15) is 5.26 Å². The van der Waals surface area contributed by atoms with Crippen LogP contribution < -0.4 is 10.1 Å². The van der Waals surface area contributed by atoms with Crippen LogP contribution in [0.2, 0.25) is 0 Å². The molecule has 5 nitrogen and oxygen atoms in total. The molecule has 1 N–H and O–H groups in total. The predicted molar refractivity (Wildman–Crippen MR) is 105 cm³/mol. The first kappa shape index (κ1) is 17.8. The molecular formula is C22H25N3O2. The first-order chi connectivity index (χ1) is 13.0. The summed E-state index contributed by atoms with van der Waals surface area (Å²) in [4.78, 5) is 2.32. The molecule has 0 amide bonds. The fraction of sp³-hybridized carbons (Fsp3) is 0.409. The highest BCUT2D eigenvalue weighted by Crippen LogP contribution is 2.46. The average Bonchev–Trinajstić information content (AvgIpc) is 3.33. The van der Waals surface area contributed by atoms with Gasteiger partial charge in [0.15, 0.2) is 0 Å². The number of nitriles is 1. The SMILES string of the molecule is COc1cc(C)c2c(c1C(C)(OC)N1Cc3ccc(C#N)cc3C1)CCN2. The number of methoxy groups -OCH3 is 2. The van der Waals surface area contributed by atoms with Crippen LogP contribution >= 0.6 is 0 Å². The largest absolute Gasteiger partial charge is 0.496 e. The Labute approximate surface area is 160 Å². The van der Waals surface area contributed by atoms with Crippen LogP contribution in [0.1, 0.15) is 40.3 Å². The molecule has 4 rings (SSSR count). The lowest BCUT2D eigenvalue weighted by atomic mass is 9.91. The van der Waals surface area contributed by atoms with E-state index < -0.39 is 5.72 Å². The summed E-state index contributed by atoms with van der Waals surface area (Å²) in [5, 5.41) is 12.7. The molecule has 0 bridgehead atoms. The van der Waals surface area contributed by atoms with Gasteiger partial charge in [-0.05, 0) is 60.7 Å². The van der Waals surface area contributed by atoms with Crippen LogP contribution in [0, 0.1) is 18.3 Å². The Kier molecular flexibility index (Phi) is 4.33. The number of rotatable bonds is 4. The number of ether oxygens (including phenoxy) is 2. The molecule has 2 aliphatic rings. The van der Waals surface area contributed by atoms with E-state index in [4.69, 9.17) is 9.47 Å². The van der Waals surface area contributed by atoms with Gasteiger partial charge in [-0.25, -0.2) is 0 Å². The van der Waals surface area contributed by atoms with E-state index in [-0.39, 0.29) is 0 Å². The second kappa shape index (κ2) is 6.56. The van der Waals surface area contributed by atoms with E-state index in [0.717, 1.165) is 37.4 Å². The van der Waals surface area contributed by atoms with Crippen LogP contribution in [-0.4, -0.2) is 25.7 Å². The van der Waals surface area contributed by atoms with Gasteiger partial charge in [-0.2, -0.15) is 5.26 Å². The molecular weight excluding hydrogens is 338 g/mol. The molecule has 0 saturated carbocycles. The van der Waals surface area contributed by atoms with Crippen molar-refractivity contribution in [2.24, 2.45) is 0 Å². The first-order valence-corrected chi connectivity index (χ1v) is 9.28. The number of hydrogen-bond donors (Lipinski definition) is 1. The number of nitrogens with zero attached hydrogens (tertiary/aromatic N) is 2. The molecule has 140 valence electrons. The van der Waals surface area contributed by atoms with Gasteiger partial charge in [-0.1, -0.05) is 6.07 Å². The van der Waals surface area contributed by atoms with Crippen molar-refractivity contribution in [1.29, 1.82) is 5.26 Å². The fourth-order valence-electron chi connectivity index (χ4n) is 4.49. The molecule has 27 heavy (non-hydrogen) atoms. The molecule has 2 heterocycles. The third-order valence-electron chi connectivity index (χ3n) is 6.01. The van der Waals surface area contributed by atoms with Gasteiger partial charge in [0.25, 0.3) is 0 Å². The Balaban J connectivity index is 1.81. The molecule has 1 atom stereocenters. The van der Waals surface area contributed by atoms with E-state index in [1.807, 2.05) is 12.1 Å². The summed E-state index contributed by atoms with van der Waals surface area (Å²) in [5.41, 5.74) is 7.31. The molecule has 0 fully saturated rings. The van der Waals surface area contributed by atoms with Crippen LogP contribution in [-0.2, 0) is 30.0 Å². The average molecular weight is 363 g/mol. The fourth-order valence-corrected chi connectivity index (χ4v) is 4.49. The molecule has 0 radical (unpaired) electrons. The van der Waals surface area contributed by atoms with E-state index in [2.05, 4.69) is 42.3 Å². The van der Waals surface area contributed by atoms with Crippen LogP contribution in [0.25, 0.3) is 0 Å². The maximum absolute atomic E-state index is 9.21. The van der Waals surface area contributed by atoms with E-state index in [1.165, 1.54) is 27.9 Å². The van der Waals surface area contributed by atoms with Crippen molar-refractivity contribution >= 4 is 5.69 Å². The number of hydrogen-bond acceptors (Lipinski definition) is 5. The lowest BCUT2D eigenvalue weighted by Crippen LogP contribution is -2.43. The summed E-state index contributed by atoms with van der Waals surface area (Å²) in [7, 11) is 3.48. The van der Waals surface area contributed by atoms with Gasteiger partial charge in [0, 0.05) is 38.0 Å². The van der Waals surface area contributed by atoms with Gasteiger partial charge >= 0.3 is 0 Å². The quantitative estimate of drug-likeness (QED) is 0.898. The summed E-state index contributed by atoms with van der Waals surface area (Å²) >= 11 is 0. The van der Waals surface area contributed by atoms with Crippen molar-refractivity contribution in [3.05, 3.63) is 57.6 Å². The van der Waals surface area contributed by atoms with Crippen LogP contribution in [0.15, 0.2) is 24.3 Å². The van der Waals surface area contributed by atoms with E-state index in [1.54, 1.807) is 14.2 Å². The molecule has 1 unspecified atom stereocenters. The van der Waals surface area contributed by atoms with Gasteiger partial charge in [0.2, 0.25) is 0 Å². The normalized spacial score (nSPS) is 17.6. The highest BCUT2D eigenvalue weighted by atomic mass is 16.5. The molecule has 5 heteroatoms. The highest BCUT2D eigenvalue weighted by Gasteiger charge is 2.42. The van der Waals surface area contributed by atoms with Crippen molar-refractivity contribution in [3.8, 4) is 11.8 Å². The molecule has 0 saturated heterocycles. The van der Waals surface area contributed by atoms with Crippen molar-refractivity contribution in [3.63, 3.8) is 0 Å². The Hall–Kier alpha value is -2.55. The number of benzene rings is 2. The highest BCUT2D eigenvalue weighted by molar-refractivity contribution is 5.68. The minimum atomic E-state index is -0.624. The minimum absolute atomic E-state index is 0.624. The van der Waals surface area contributed by atoms with Gasteiger partial charge in [-0.15, -0.1) is 0 Å². The maximum Gasteiger partial charge on any atom is 0.149 e. The van der Waals surface area contributed by atoms with Crippen LogP contribution in [0.5, 0.6) is 5.75 Å². The first-order valence-electron chi connectivity index (χ1n) is 9.28. The lowest BCUT2D eigenvalue weighted by Gasteiger charge is -2.40. The molecule has 2 aromatic rings. The minimum Gasteiger partial charge on any atom is -0.496 e. The summed E-state index contributed by atoms with van der Waals surface area (Å²) in [5.74, 6) is 0.868. The Morgan fingerprint density at radius 3 is 2.67 bits per heavy atom. The molecule has 0 spiro atoms. The molecule has 0 aromatic heterocycles. The Morgan fingerprint density at radius 2 is 1.96 bits per heavy atom. The monoisotopic (exact) mass is 363 g/mol. The second-order valence-corrected chi connectivity index (χ2v) is 7.44. The molecule has 2 aromatic carbocycles. The number of aryl methyl sites for hydroxylation is 1. The van der Waals surface area contributed by atoms with E-state index in [0.29, 0.717) is 5.56 Å². The van der Waals surface area contributed by atoms with Crippen molar-refractivity contribution in [1.82, 2.24) is 4.90 Å². The molecule has 0 aliphatic carbocycles. The zero-order chi connectivity index (χ0) is 19.2. The summed E-state index contributed by atoms with van der Waals surface area (Å²) in [6.45, 7) is 6.69. The van der Waals surface area contributed by atoms with Gasteiger partial charge < -0.3 is 14.8 Å². The Morgan fingerprint density at radius 1 is 1.19 bits per heavy atom. The third-order valence-corrected chi connectivity index (χ3v) is 6.01. The van der Waals surface area contributed by atoms with Gasteiger partial charge in [0.1, 0.15) is 11.5 Å². The van der Waals surface area contributed by atoms with Crippen molar-refractivity contribution < 1.29 is 9.47 Å². The zero-order valence-corrected chi connectivity index (χ0v) is 16.3. The second-order valence-electron chi connectivity index (χ2n) is 7.44.